The Bertz CT molecular complexity index is 239. The minimum absolute atomic E-state index is 0.167. The van der Waals surface area contributed by atoms with E-state index in [1.807, 2.05) is 0 Å². The van der Waals surface area contributed by atoms with Crippen LogP contribution in [0.1, 0.15) is 40.5 Å². The van der Waals surface area contributed by atoms with Crippen LogP contribution < -0.4 is 0 Å². The van der Waals surface area contributed by atoms with Crippen LogP contribution >= 0.6 is 0 Å². The van der Waals surface area contributed by atoms with E-state index >= 15 is 0 Å². The van der Waals surface area contributed by atoms with Gasteiger partial charge in [0.2, 0.25) is 5.91 Å². The third-order valence-corrected chi connectivity index (χ3v) is 1.33. The number of likely N-dealkylation sites (tertiary alicyclic amines) is 1. The van der Waals surface area contributed by atoms with Crippen molar-refractivity contribution in [2.24, 2.45) is 0 Å². The van der Waals surface area contributed by atoms with Crippen LogP contribution in [-0.2, 0) is 14.4 Å². The second kappa shape index (κ2) is 10.1. The number of carbonyl (C=O) groups is 3. The molecule has 0 N–H and O–H groups in total. The first kappa shape index (κ1) is 17.0. The maximum Gasteiger partial charge on any atom is 0.226 e. The lowest BCUT2D eigenvalue weighted by Gasteiger charge is -2.05. The molecule has 1 aliphatic heterocycles. The predicted molar refractivity (Wildman–Crippen MR) is 63.9 cm³/mol. The third kappa shape index (κ3) is 15.0. The van der Waals surface area contributed by atoms with Crippen LogP contribution in [0.15, 0.2) is 12.8 Å². The van der Waals surface area contributed by atoms with Crippen molar-refractivity contribution in [3.8, 4) is 0 Å². The van der Waals surface area contributed by atoms with E-state index in [-0.39, 0.29) is 17.5 Å². The Kier molecular flexibility index (Phi) is 10.7. The number of ketones is 2. The average Bonchev–Trinajstić information content (AvgIpc) is 2.48. The quantitative estimate of drug-likeness (QED) is 0.688. The second-order valence-corrected chi connectivity index (χ2v) is 3.69. The fourth-order valence-electron chi connectivity index (χ4n) is 0.862. The number of nitrogens with zero attached hydrogens (tertiary/aromatic N) is 1. The molecular formula is C12H21NO3. The Morgan fingerprint density at radius 3 is 1.69 bits per heavy atom. The van der Waals surface area contributed by atoms with E-state index in [2.05, 4.69) is 6.58 Å². The third-order valence-electron chi connectivity index (χ3n) is 1.33. The zero-order valence-corrected chi connectivity index (χ0v) is 10.6. The Labute approximate surface area is 97.3 Å². The lowest BCUT2D eigenvalue weighted by Crippen LogP contribution is -2.16. The Morgan fingerprint density at radius 1 is 1.19 bits per heavy atom. The minimum Gasteiger partial charge on any atom is -0.320 e. The number of amides is 1. The number of rotatable bonds is 1. The van der Waals surface area contributed by atoms with Crippen molar-refractivity contribution in [2.75, 3.05) is 6.54 Å². The molecule has 1 aliphatic rings. The summed E-state index contributed by atoms with van der Waals surface area (Å²) >= 11 is 0. The number of hydrogen-bond donors (Lipinski definition) is 0. The highest BCUT2D eigenvalue weighted by Gasteiger charge is 2.15. The van der Waals surface area contributed by atoms with Gasteiger partial charge in [0, 0.05) is 13.0 Å². The first-order valence-corrected chi connectivity index (χ1v) is 5.17. The fourth-order valence-corrected chi connectivity index (χ4v) is 0.862. The molecule has 0 atom stereocenters. The molecule has 0 aromatic rings. The molecule has 4 nitrogen and oxygen atoms in total. The number of carbonyl (C=O) groups excluding carboxylic acids is 3. The largest absolute Gasteiger partial charge is 0.320 e. The zero-order chi connectivity index (χ0) is 13.1. The Morgan fingerprint density at radius 2 is 1.56 bits per heavy atom. The summed E-state index contributed by atoms with van der Waals surface area (Å²) in [6, 6.07) is 0. The summed E-state index contributed by atoms with van der Waals surface area (Å²) in [5, 5.41) is 0. The molecule has 0 bridgehead atoms. The van der Waals surface area contributed by atoms with E-state index in [9.17, 15) is 14.4 Å². The summed E-state index contributed by atoms with van der Waals surface area (Å²) < 4.78 is 0. The summed E-state index contributed by atoms with van der Waals surface area (Å²) in [5.41, 5.74) is 0. The Balaban J connectivity index is 0. The molecule has 1 amide bonds. The van der Waals surface area contributed by atoms with Gasteiger partial charge in [0.1, 0.15) is 11.6 Å². The van der Waals surface area contributed by atoms with Crippen molar-refractivity contribution in [3.05, 3.63) is 12.8 Å². The molecule has 0 aromatic heterocycles. The van der Waals surface area contributed by atoms with E-state index in [1.54, 1.807) is 11.1 Å². The lowest BCUT2D eigenvalue weighted by molar-refractivity contribution is -0.125. The Hall–Kier alpha value is -1.45. The summed E-state index contributed by atoms with van der Waals surface area (Å²) in [6.45, 7) is 10.5. The van der Waals surface area contributed by atoms with E-state index in [0.29, 0.717) is 6.42 Å². The molecule has 4 heteroatoms. The molecule has 0 saturated carbocycles. The van der Waals surface area contributed by atoms with Gasteiger partial charge in [0.25, 0.3) is 0 Å². The number of hydrogen-bond acceptors (Lipinski definition) is 3. The maximum absolute atomic E-state index is 10.7. The summed E-state index contributed by atoms with van der Waals surface area (Å²) in [7, 11) is 0. The topological polar surface area (TPSA) is 54.5 Å². The molecule has 16 heavy (non-hydrogen) atoms. The molecule has 1 rings (SSSR count). The van der Waals surface area contributed by atoms with Gasteiger partial charge < -0.3 is 14.5 Å². The van der Waals surface area contributed by atoms with Crippen LogP contribution in [0.3, 0.4) is 0 Å². The van der Waals surface area contributed by atoms with Crippen molar-refractivity contribution >= 4 is 17.5 Å². The van der Waals surface area contributed by atoms with Gasteiger partial charge in [0.15, 0.2) is 0 Å². The van der Waals surface area contributed by atoms with Crippen LogP contribution in [0.25, 0.3) is 0 Å². The average molecular weight is 227 g/mol. The molecule has 1 heterocycles. The van der Waals surface area contributed by atoms with Crippen molar-refractivity contribution in [1.82, 2.24) is 4.90 Å². The molecule has 92 valence electrons. The van der Waals surface area contributed by atoms with Crippen LogP contribution in [0.2, 0.25) is 0 Å². The van der Waals surface area contributed by atoms with Crippen molar-refractivity contribution < 1.29 is 14.4 Å². The first-order valence-electron chi connectivity index (χ1n) is 5.17. The fraction of sp³-hybridized carbons (Fsp3) is 0.583. The first-order chi connectivity index (χ1) is 7.31. The van der Waals surface area contributed by atoms with E-state index in [1.165, 1.54) is 27.7 Å². The van der Waals surface area contributed by atoms with Gasteiger partial charge in [-0.3, -0.25) is 4.79 Å². The molecule has 0 unspecified atom stereocenters. The minimum atomic E-state index is 0.167. The van der Waals surface area contributed by atoms with E-state index in [4.69, 9.17) is 0 Å². The van der Waals surface area contributed by atoms with Gasteiger partial charge in [-0.25, -0.2) is 0 Å². The number of Topliss-reactive ketones (excluding diaryl/α,β-unsaturated/α-hetero) is 2. The molecule has 0 aliphatic carbocycles. The summed E-state index contributed by atoms with van der Waals surface area (Å²) in [5.74, 6) is 0.542. The van der Waals surface area contributed by atoms with Gasteiger partial charge in [-0.1, -0.05) is 6.58 Å². The SMILES string of the molecule is C=CN1CCCC1=O.CC(C)=O.CC(C)=O. The van der Waals surface area contributed by atoms with Crippen molar-refractivity contribution in [1.29, 1.82) is 0 Å². The molecular weight excluding hydrogens is 206 g/mol. The highest BCUT2D eigenvalue weighted by molar-refractivity contribution is 5.78. The van der Waals surface area contributed by atoms with Crippen LogP contribution in [0, 0.1) is 0 Å². The molecule has 0 spiro atoms. The molecule has 0 aromatic carbocycles. The van der Waals surface area contributed by atoms with Gasteiger partial charge in [-0.2, -0.15) is 0 Å². The summed E-state index contributed by atoms with van der Waals surface area (Å²) in [6.07, 6.45) is 3.28. The van der Waals surface area contributed by atoms with Crippen molar-refractivity contribution in [3.63, 3.8) is 0 Å². The predicted octanol–water partition coefficient (Wildman–Crippen LogP) is 1.94. The highest BCUT2D eigenvalue weighted by atomic mass is 16.2. The normalized spacial score (nSPS) is 13.0. The van der Waals surface area contributed by atoms with Crippen LogP contribution in [0.5, 0.6) is 0 Å². The highest BCUT2D eigenvalue weighted by Crippen LogP contribution is 2.08. The van der Waals surface area contributed by atoms with Gasteiger partial charge in [0.05, 0.1) is 0 Å². The maximum atomic E-state index is 10.7. The van der Waals surface area contributed by atoms with Crippen LogP contribution in [-0.4, -0.2) is 28.9 Å². The second-order valence-electron chi connectivity index (χ2n) is 3.69. The van der Waals surface area contributed by atoms with E-state index in [0.717, 1.165) is 13.0 Å². The van der Waals surface area contributed by atoms with Crippen molar-refractivity contribution in [2.45, 2.75) is 40.5 Å². The van der Waals surface area contributed by atoms with Gasteiger partial charge >= 0.3 is 0 Å². The molecule has 1 saturated heterocycles. The standard InChI is InChI=1S/C6H9NO.2C3H6O/c1-2-7-5-3-4-6(7)8;2*1-3(2)4/h2H,1,3-5H2;2*1-2H3. The monoisotopic (exact) mass is 227 g/mol. The summed E-state index contributed by atoms with van der Waals surface area (Å²) in [4.78, 5) is 31.2. The van der Waals surface area contributed by atoms with Crippen LogP contribution in [0.4, 0.5) is 0 Å². The van der Waals surface area contributed by atoms with E-state index < -0.39 is 0 Å². The smallest absolute Gasteiger partial charge is 0.226 e. The zero-order valence-electron chi connectivity index (χ0n) is 10.6. The molecule has 0 radical (unpaired) electrons. The lowest BCUT2D eigenvalue weighted by atomic mass is 10.4. The molecule has 1 fully saturated rings. The van der Waals surface area contributed by atoms with Gasteiger partial charge in [-0.15, -0.1) is 0 Å². The van der Waals surface area contributed by atoms with Gasteiger partial charge in [-0.05, 0) is 40.3 Å².